The highest BCUT2D eigenvalue weighted by Gasteiger charge is 2.40. The molecule has 1 saturated heterocycles. The molecule has 3 aliphatic heterocycles. The Labute approximate surface area is 359 Å². The van der Waals surface area contributed by atoms with Gasteiger partial charge in [-0.15, -0.1) is 21.5 Å². The van der Waals surface area contributed by atoms with E-state index in [9.17, 15) is 28.8 Å². The lowest BCUT2D eigenvalue weighted by atomic mass is 9.99. The number of hydrogen-bond acceptors (Lipinski definition) is 14. The summed E-state index contributed by atoms with van der Waals surface area (Å²) in [6.07, 6.45) is 1.07. The van der Waals surface area contributed by atoms with Gasteiger partial charge in [-0.3, -0.25) is 43.6 Å². The van der Waals surface area contributed by atoms with Crippen LogP contribution in [0.25, 0.3) is 5.00 Å². The molecule has 17 nitrogen and oxygen atoms in total. The number of benzene rings is 2. The van der Waals surface area contributed by atoms with Crippen LogP contribution in [-0.2, 0) is 39.9 Å². The molecule has 1 fully saturated rings. The second-order valence-corrected chi connectivity index (χ2v) is 16.0. The van der Waals surface area contributed by atoms with E-state index in [1.54, 1.807) is 37.3 Å². The molecule has 0 spiro atoms. The number of ketones is 1. The fourth-order valence-corrected chi connectivity index (χ4v) is 8.82. The summed E-state index contributed by atoms with van der Waals surface area (Å²) in [4.78, 5) is 82.5. The van der Waals surface area contributed by atoms with E-state index < -0.39 is 24.0 Å². The monoisotopic (exact) mass is 873 g/mol. The van der Waals surface area contributed by atoms with Crippen LogP contribution in [0.3, 0.4) is 0 Å². The van der Waals surface area contributed by atoms with Gasteiger partial charge in [0.05, 0.1) is 50.5 Å². The number of aromatic nitrogens is 3. The number of hydrogen-bond donors (Lipinski definition) is 2. The van der Waals surface area contributed by atoms with Gasteiger partial charge in [-0.2, -0.15) is 0 Å². The van der Waals surface area contributed by atoms with Crippen molar-refractivity contribution in [1.29, 1.82) is 0 Å². The molecule has 0 bridgehead atoms. The molecular formula is C42H44ClN7O10S. The molecule has 1 unspecified atom stereocenters. The first kappa shape index (κ1) is 43.3. The first-order valence-electron chi connectivity index (χ1n) is 19.8. The molecule has 0 saturated carbocycles. The van der Waals surface area contributed by atoms with Crippen LogP contribution in [0.4, 0.5) is 0 Å². The number of thiophene rings is 1. The van der Waals surface area contributed by atoms with Gasteiger partial charge >= 0.3 is 5.97 Å². The summed E-state index contributed by atoms with van der Waals surface area (Å²) in [5.74, 6) is -0.571. The number of piperidine rings is 1. The Morgan fingerprint density at radius 1 is 1.00 bits per heavy atom. The number of rotatable bonds is 18. The number of aryl methyl sites for hydroxylation is 1. The van der Waals surface area contributed by atoms with Crippen LogP contribution in [0, 0.1) is 13.8 Å². The Kier molecular flexibility index (Phi) is 13.7. The highest BCUT2D eigenvalue weighted by Crippen LogP contribution is 2.40. The Morgan fingerprint density at radius 3 is 2.52 bits per heavy atom. The molecule has 0 aliphatic carbocycles. The van der Waals surface area contributed by atoms with Crippen LogP contribution in [0.1, 0.15) is 92.1 Å². The minimum atomic E-state index is -0.740. The maximum atomic E-state index is 13.6. The number of ether oxygens (including phenoxy) is 4. The minimum absolute atomic E-state index is 0.0480. The smallest absolute Gasteiger partial charge is 0.308 e. The first-order valence-corrected chi connectivity index (χ1v) is 21.0. The van der Waals surface area contributed by atoms with Crippen molar-refractivity contribution in [2.24, 2.45) is 4.99 Å². The Morgan fingerprint density at radius 2 is 1.77 bits per heavy atom. The lowest BCUT2D eigenvalue weighted by Gasteiger charge is -2.29. The fraction of sp³-hybridized carbons (Fsp3) is 0.405. The summed E-state index contributed by atoms with van der Waals surface area (Å²) in [6.45, 7) is 5.06. The van der Waals surface area contributed by atoms with Gasteiger partial charge in [0.15, 0.2) is 11.6 Å². The van der Waals surface area contributed by atoms with Gasteiger partial charge < -0.3 is 29.2 Å². The molecule has 3 aliphatic rings. The van der Waals surface area contributed by atoms with Crippen molar-refractivity contribution in [2.45, 2.75) is 64.6 Å². The molecule has 2 aromatic carbocycles. The molecule has 4 aromatic rings. The van der Waals surface area contributed by atoms with E-state index in [2.05, 4.69) is 20.8 Å². The van der Waals surface area contributed by atoms with Gasteiger partial charge in [-0.25, -0.2) is 0 Å². The zero-order chi connectivity index (χ0) is 43.2. The fourth-order valence-electron chi connectivity index (χ4n) is 7.41. The van der Waals surface area contributed by atoms with Crippen LogP contribution in [0.5, 0.6) is 5.75 Å². The SMILES string of the molecule is COC(=O)C[C@H]1N=C(c2ccc(Cl)cc2)c2c(sc(C(=O)NCCOCCOCCCC(=O)COc3cccc4c3CN(C3CCC(=O)NC3=O)C4=O)c2C)-n2c(C)nnc21. The van der Waals surface area contributed by atoms with E-state index in [0.29, 0.717) is 74.3 Å². The molecule has 5 heterocycles. The first-order chi connectivity index (χ1) is 29.4. The van der Waals surface area contributed by atoms with E-state index >= 15 is 0 Å². The number of nitrogens with zero attached hydrogens (tertiary/aromatic N) is 5. The number of Topliss-reactive ketones (excluding diaryl/α,β-unsaturated/α-hetero) is 1. The molecule has 61 heavy (non-hydrogen) atoms. The summed E-state index contributed by atoms with van der Waals surface area (Å²) < 4.78 is 23.9. The van der Waals surface area contributed by atoms with Crippen LogP contribution in [0.2, 0.25) is 5.02 Å². The minimum Gasteiger partial charge on any atom is -0.485 e. The standard InChI is InChI=1S/C42H44ClN7O10S/c1-23-35-36(25-9-11-26(43)12-10-25)45-30(20-34(53)57-3)38-48-47-24(2)50(38)42(35)61-37(23)40(55)44-15-17-59-19-18-58-16-5-6-27(51)22-60-32-8-4-7-28-29(32)21-49(41(28)56)31-13-14-33(52)46-39(31)54/h4,7-12,30-31H,5-6,13-22H2,1-3H3,(H,44,55)(H,46,52,54)/t30-,31?/m1/s1. The van der Waals surface area contributed by atoms with Gasteiger partial charge in [-0.1, -0.05) is 29.8 Å². The van der Waals surface area contributed by atoms with Crippen molar-refractivity contribution in [3.8, 4) is 10.8 Å². The van der Waals surface area contributed by atoms with E-state index in [1.165, 1.54) is 23.3 Å². The maximum absolute atomic E-state index is 13.6. The molecule has 2 atom stereocenters. The largest absolute Gasteiger partial charge is 0.485 e. The van der Waals surface area contributed by atoms with Gasteiger partial charge in [0.1, 0.15) is 35.3 Å². The van der Waals surface area contributed by atoms with Crippen molar-refractivity contribution in [3.63, 3.8) is 0 Å². The van der Waals surface area contributed by atoms with Crippen LogP contribution >= 0.6 is 22.9 Å². The van der Waals surface area contributed by atoms with Gasteiger partial charge in [0, 0.05) is 53.3 Å². The molecule has 19 heteroatoms. The quantitative estimate of drug-likeness (QED) is 0.0826. The van der Waals surface area contributed by atoms with E-state index in [1.807, 2.05) is 23.6 Å². The van der Waals surface area contributed by atoms with E-state index in [0.717, 1.165) is 11.1 Å². The number of esters is 1. The zero-order valence-corrected chi connectivity index (χ0v) is 35.4. The van der Waals surface area contributed by atoms with Crippen molar-refractivity contribution in [3.05, 3.63) is 91.8 Å². The second-order valence-electron chi connectivity index (χ2n) is 14.6. The number of fused-ring (bicyclic) bond motifs is 4. The zero-order valence-electron chi connectivity index (χ0n) is 33.8. The number of carbonyl (C=O) groups is 6. The van der Waals surface area contributed by atoms with Crippen molar-refractivity contribution in [1.82, 2.24) is 30.3 Å². The molecule has 2 aromatic heterocycles. The highest BCUT2D eigenvalue weighted by atomic mass is 35.5. The predicted octanol–water partition coefficient (Wildman–Crippen LogP) is 4.01. The Bertz CT molecular complexity index is 2390. The molecule has 2 N–H and O–H groups in total. The third-order valence-electron chi connectivity index (χ3n) is 10.5. The summed E-state index contributed by atoms with van der Waals surface area (Å²) in [5, 5.41) is 15.1. The summed E-state index contributed by atoms with van der Waals surface area (Å²) in [6, 6.07) is 10.8. The van der Waals surface area contributed by atoms with Gasteiger partial charge in [0.2, 0.25) is 11.8 Å². The molecule has 320 valence electrons. The molecule has 7 rings (SSSR count). The Balaban J connectivity index is 0.843. The average molecular weight is 874 g/mol. The van der Waals surface area contributed by atoms with Crippen molar-refractivity contribution in [2.75, 3.05) is 46.7 Å². The topological polar surface area (TPSA) is 210 Å². The lowest BCUT2D eigenvalue weighted by Crippen LogP contribution is -2.52. The van der Waals surface area contributed by atoms with Gasteiger partial charge in [-0.05, 0) is 56.5 Å². The predicted molar refractivity (Wildman–Crippen MR) is 221 cm³/mol. The number of amides is 4. The van der Waals surface area contributed by atoms with E-state index in [4.69, 9.17) is 35.5 Å². The summed E-state index contributed by atoms with van der Waals surface area (Å²) >= 11 is 7.50. The number of carbonyl (C=O) groups excluding carboxylic acids is 6. The van der Waals surface area contributed by atoms with E-state index in [-0.39, 0.29) is 82.1 Å². The van der Waals surface area contributed by atoms with Crippen molar-refractivity contribution < 1.29 is 47.7 Å². The van der Waals surface area contributed by atoms with Crippen molar-refractivity contribution >= 4 is 64.0 Å². The lowest BCUT2D eigenvalue weighted by molar-refractivity contribution is -0.141. The third kappa shape index (κ3) is 9.57. The Hall–Kier alpha value is -5.82. The average Bonchev–Trinajstić information content (AvgIpc) is 3.88. The number of nitrogens with one attached hydrogen (secondary N) is 2. The molecule has 4 amide bonds. The summed E-state index contributed by atoms with van der Waals surface area (Å²) in [7, 11) is 1.32. The van der Waals surface area contributed by atoms with Gasteiger partial charge in [0.25, 0.3) is 11.8 Å². The highest BCUT2D eigenvalue weighted by molar-refractivity contribution is 7.17. The van der Waals surface area contributed by atoms with Crippen LogP contribution < -0.4 is 15.4 Å². The number of methoxy groups -OCH3 is 1. The van der Waals surface area contributed by atoms with Crippen LogP contribution in [0.15, 0.2) is 47.5 Å². The number of halogens is 1. The van der Waals surface area contributed by atoms with Crippen LogP contribution in [-0.4, -0.2) is 113 Å². The molecule has 0 radical (unpaired) electrons. The molecular weight excluding hydrogens is 830 g/mol. The number of aliphatic imine (C=N–C) groups is 1. The number of imide groups is 1. The third-order valence-corrected chi connectivity index (χ3v) is 12.0. The second kappa shape index (κ2) is 19.3. The maximum Gasteiger partial charge on any atom is 0.308 e. The normalized spacial score (nSPS) is 16.9. The summed E-state index contributed by atoms with van der Waals surface area (Å²) in [5.41, 5.74) is 3.81.